The second-order valence-electron chi connectivity index (χ2n) is 18.8. The highest BCUT2D eigenvalue weighted by Crippen LogP contribution is 2.55. The van der Waals surface area contributed by atoms with E-state index in [9.17, 15) is 0 Å². The van der Waals surface area contributed by atoms with Crippen molar-refractivity contribution in [2.75, 3.05) is 0 Å². The van der Waals surface area contributed by atoms with E-state index in [0.717, 1.165) is 0 Å². The van der Waals surface area contributed by atoms with Gasteiger partial charge in [0.1, 0.15) is 0 Å². The van der Waals surface area contributed by atoms with Gasteiger partial charge in [0.25, 0.3) is 0 Å². The summed E-state index contributed by atoms with van der Waals surface area (Å²) < 4.78 is 10.4. The zero-order chi connectivity index (χ0) is 42.3. The molecule has 0 fully saturated rings. The first-order valence-electron chi connectivity index (χ1n) is 22.9. The van der Waals surface area contributed by atoms with Gasteiger partial charge in [-0.2, -0.15) is 0 Å². The second-order valence-corrected chi connectivity index (χ2v) is 18.8. The number of nitrogens with zero attached hydrogens (tertiary/aromatic N) is 4. The number of fused-ring (bicyclic) bond motifs is 20. The van der Waals surface area contributed by atoms with Crippen molar-refractivity contribution in [2.45, 2.75) is 39.5 Å². The van der Waals surface area contributed by atoms with Gasteiger partial charge in [0.2, 0.25) is 0 Å². The van der Waals surface area contributed by atoms with Crippen LogP contribution in [0.3, 0.4) is 0 Å². The number of hydrogen-bond acceptors (Lipinski definition) is 0. The molecule has 0 amide bonds. The molecule has 0 radical (unpaired) electrons. The zero-order valence-corrected chi connectivity index (χ0v) is 36.1. The van der Waals surface area contributed by atoms with E-state index in [1.54, 1.807) is 0 Å². The van der Waals surface area contributed by atoms with Crippen LogP contribution in [-0.4, -0.2) is 17.9 Å². The van der Waals surface area contributed by atoms with Crippen molar-refractivity contribution in [1.82, 2.24) is 17.9 Å². The fourth-order valence-electron chi connectivity index (χ4n) is 12.6. The first kappa shape index (κ1) is 34.7. The van der Waals surface area contributed by atoms with Crippen LogP contribution in [0.5, 0.6) is 0 Å². The molecule has 6 aromatic heterocycles. The quantitative estimate of drug-likeness (QED) is 0.168. The molecule has 15 rings (SSSR count). The third kappa shape index (κ3) is 3.98. The Labute approximate surface area is 368 Å². The van der Waals surface area contributed by atoms with Gasteiger partial charge in [0.05, 0.1) is 55.2 Å². The maximum absolute atomic E-state index is 2.69. The summed E-state index contributed by atoms with van der Waals surface area (Å²) in [7, 11) is 0. The van der Waals surface area contributed by atoms with Gasteiger partial charge < -0.3 is 17.9 Å². The molecule has 0 unspecified atom stereocenters. The fourth-order valence-corrected chi connectivity index (χ4v) is 12.6. The molecule has 6 heterocycles. The number of aromatic nitrogens is 4. The molecule has 0 aliphatic heterocycles. The Kier molecular flexibility index (Phi) is 6.51. The molecule has 0 aliphatic carbocycles. The summed E-state index contributed by atoms with van der Waals surface area (Å²) in [5, 5.41) is 15.9. The van der Waals surface area contributed by atoms with Crippen molar-refractivity contribution in [3.63, 3.8) is 0 Å². The van der Waals surface area contributed by atoms with Gasteiger partial charge in [-0.3, -0.25) is 0 Å². The van der Waals surface area contributed by atoms with Crippen LogP contribution in [0, 0.1) is 0 Å². The van der Waals surface area contributed by atoms with Crippen molar-refractivity contribution < 1.29 is 0 Å². The summed E-state index contributed by atoms with van der Waals surface area (Å²) >= 11 is 0. The van der Waals surface area contributed by atoms with E-state index >= 15 is 0 Å². The van der Waals surface area contributed by atoms with Gasteiger partial charge in [0.15, 0.2) is 0 Å². The first-order chi connectivity index (χ1) is 31.5. The molecule has 0 spiro atoms. The Hall–Kier alpha value is -7.82. The Morgan fingerprint density at radius 1 is 0.281 bits per heavy atom. The lowest BCUT2D eigenvalue weighted by atomic mass is 9.86. The van der Waals surface area contributed by atoms with E-state index in [1.807, 2.05) is 0 Å². The fraction of sp³-hybridized carbons (Fsp3) is 0.100. The highest BCUT2D eigenvalue weighted by molar-refractivity contribution is 6.39. The first-order valence-corrected chi connectivity index (χ1v) is 22.9. The van der Waals surface area contributed by atoms with Crippen molar-refractivity contribution in [1.29, 1.82) is 0 Å². The van der Waals surface area contributed by atoms with Gasteiger partial charge in [-0.25, -0.2) is 0 Å². The zero-order valence-electron chi connectivity index (χ0n) is 36.1. The van der Waals surface area contributed by atoms with E-state index in [-0.39, 0.29) is 11.8 Å². The molecule has 0 atom stereocenters. The summed E-state index contributed by atoms with van der Waals surface area (Å²) in [4.78, 5) is 0. The molecular formula is C60H42N4. The average molecular weight is 819 g/mol. The van der Waals surface area contributed by atoms with Crippen LogP contribution in [0.1, 0.15) is 50.7 Å². The van der Waals surface area contributed by atoms with Gasteiger partial charge in [-0.1, -0.05) is 137 Å². The molecule has 64 heavy (non-hydrogen) atoms. The predicted octanol–water partition coefficient (Wildman–Crippen LogP) is 16.4. The van der Waals surface area contributed by atoms with Crippen LogP contribution in [0.2, 0.25) is 0 Å². The number of rotatable bonds is 4. The van der Waals surface area contributed by atoms with Crippen LogP contribution in [0.4, 0.5) is 0 Å². The van der Waals surface area contributed by atoms with E-state index in [2.05, 4.69) is 215 Å². The highest BCUT2D eigenvalue weighted by atomic mass is 15.0. The van der Waals surface area contributed by atoms with Crippen LogP contribution in [0.25, 0.3) is 131 Å². The third-order valence-corrected chi connectivity index (χ3v) is 14.8. The minimum Gasteiger partial charge on any atom is -0.309 e. The molecule has 0 aliphatic rings. The monoisotopic (exact) mass is 818 g/mol. The van der Waals surface area contributed by atoms with Gasteiger partial charge in [-0.15, -0.1) is 0 Å². The molecule has 4 heteroatoms. The largest absolute Gasteiger partial charge is 0.309 e. The van der Waals surface area contributed by atoms with Crippen molar-refractivity contribution in [2.24, 2.45) is 0 Å². The predicted molar refractivity (Wildman–Crippen MR) is 273 cm³/mol. The maximum atomic E-state index is 2.69. The number of para-hydroxylation sites is 6. The molecule has 0 N–H and O–H groups in total. The molecule has 4 nitrogen and oxygen atoms in total. The molecule has 15 aromatic rings. The maximum Gasteiger partial charge on any atom is 0.0642 e. The molecule has 302 valence electrons. The van der Waals surface area contributed by atoms with Crippen molar-refractivity contribution >= 4 is 120 Å². The Balaban J connectivity index is 1.26. The van der Waals surface area contributed by atoms with E-state index in [1.165, 1.54) is 142 Å². The molecule has 0 saturated heterocycles. The van der Waals surface area contributed by atoms with Crippen molar-refractivity contribution in [3.8, 4) is 11.4 Å². The number of benzene rings is 9. The minimum absolute atomic E-state index is 0.231. The third-order valence-electron chi connectivity index (χ3n) is 14.8. The van der Waals surface area contributed by atoms with Gasteiger partial charge in [-0.05, 0) is 83.6 Å². The van der Waals surface area contributed by atoms with E-state index in [4.69, 9.17) is 0 Å². The lowest BCUT2D eigenvalue weighted by Gasteiger charge is -2.19. The topological polar surface area (TPSA) is 18.7 Å². The summed E-state index contributed by atoms with van der Waals surface area (Å²) in [5.41, 5.74) is 18.1. The lowest BCUT2D eigenvalue weighted by Crippen LogP contribution is -2.00. The molecule has 0 saturated carbocycles. The molecule has 0 bridgehead atoms. The van der Waals surface area contributed by atoms with Crippen molar-refractivity contribution in [3.05, 3.63) is 181 Å². The minimum atomic E-state index is 0.231. The smallest absolute Gasteiger partial charge is 0.0642 e. The van der Waals surface area contributed by atoms with Crippen LogP contribution >= 0.6 is 0 Å². The summed E-state index contributed by atoms with van der Waals surface area (Å²) in [6.45, 7) is 9.69. The summed E-state index contributed by atoms with van der Waals surface area (Å²) in [5.74, 6) is 0.463. The van der Waals surface area contributed by atoms with E-state index in [0.29, 0.717) is 0 Å². The molecule has 9 aromatic carbocycles. The summed E-state index contributed by atoms with van der Waals surface area (Å²) in [6.07, 6.45) is 0. The van der Waals surface area contributed by atoms with Gasteiger partial charge in [0, 0.05) is 76.0 Å². The van der Waals surface area contributed by atoms with Crippen LogP contribution in [0.15, 0.2) is 170 Å². The van der Waals surface area contributed by atoms with E-state index < -0.39 is 0 Å². The van der Waals surface area contributed by atoms with Gasteiger partial charge >= 0.3 is 0 Å². The second kappa shape index (κ2) is 12.0. The summed E-state index contributed by atoms with van der Waals surface area (Å²) in [6, 6.07) is 63.4. The van der Waals surface area contributed by atoms with Crippen LogP contribution in [-0.2, 0) is 0 Å². The Morgan fingerprint density at radius 2 is 0.625 bits per heavy atom. The van der Waals surface area contributed by atoms with Crippen LogP contribution < -0.4 is 0 Å². The average Bonchev–Trinajstić information content (AvgIpc) is 4.16. The SMILES string of the molecule is CC(C)c1c2c3cc4c5ccccc5n(-c5ccccc5)c4c4c5ccccc5n(c2c(C(C)C)c2c5cc6c7ccccc7n(-c7ccccc7)c6c6c7ccccc7n(c12)c56)c34. The molecular weight excluding hydrogens is 777 g/mol. The lowest BCUT2D eigenvalue weighted by molar-refractivity contribution is 0.869. The Morgan fingerprint density at radius 3 is 1.02 bits per heavy atom. The standard InChI is InChI=1S/C60H42N4/c1-33(2)49-51-43-31-41-37-23-11-15-27-45(37)61(35-19-7-5-8-20-35)55(41)53-40-26-14-18-30-48(40)64(57(43)53)60(51)50(34(3)4)52-44-32-42-38-24-12-16-28-46(38)62(36-21-9-6-10-22-36)56(42)54-39-25-13-17-29-47(39)63(58(44)54)59(49)52/h5-34H,1-4H3. The normalized spacial score (nSPS) is 13.0. The number of hydrogen-bond donors (Lipinski definition) is 0. The Bertz CT molecular complexity index is 4170. The highest BCUT2D eigenvalue weighted by Gasteiger charge is 2.33.